The minimum Gasteiger partial charge on any atom is -0.494 e. The molecule has 1 aromatic carbocycles. The van der Waals surface area contributed by atoms with Gasteiger partial charge >= 0.3 is 0 Å². The second-order valence-electron chi connectivity index (χ2n) is 3.73. The number of rotatable bonds is 5. The van der Waals surface area contributed by atoms with Gasteiger partial charge in [0.1, 0.15) is 5.75 Å². The average molecular weight is 212 g/mol. The van der Waals surface area contributed by atoms with Crippen LogP contribution in [0.2, 0.25) is 0 Å². The van der Waals surface area contributed by atoms with Gasteiger partial charge in [-0.3, -0.25) is 0 Å². The van der Waals surface area contributed by atoms with Gasteiger partial charge < -0.3 is 9.47 Å². The van der Waals surface area contributed by atoms with Gasteiger partial charge in [-0.25, -0.2) is 4.39 Å². The second kappa shape index (κ2) is 5.59. The van der Waals surface area contributed by atoms with Crippen molar-refractivity contribution in [3.05, 3.63) is 24.0 Å². The van der Waals surface area contributed by atoms with E-state index in [9.17, 15) is 4.39 Å². The molecule has 0 spiro atoms. The lowest BCUT2D eigenvalue weighted by atomic mass is 10.2. The van der Waals surface area contributed by atoms with E-state index in [0.717, 1.165) is 0 Å². The molecular formula is C12H17FO2. The van der Waals surface area contributed by atoms with Crippen LogP contribution in [-0.2, 0) is 0 Å². The topological polar surface area (TPSA) is 18.5 Å². The molecule has 1 rings (SSSR count). The van der Waals surface area contributed by atoms with Crippen molar-refractivity contribution in [1.29, 1.82) is 0 Å². The molecule has 0 N–H and O–H groups in total. The minimum absolute atomic E-state index is 0.259. The van der Waals surface area contributed by atoms with Crippen molar-refractivity contribution in [3.8, 4) is 11.5 Å². The summed E-state index contributed by atoms with van der Waals surface area (Å²) in [5.74, 6) is 0.923. The lowest BCUT2D eigenvalue weighted by Gasteiger charge is -2.11. The number of benzene rings is 1. The molecule has 84 valence electrons. The lowest BCUT2D eigenvalue weighted by Crippen LogP contribution is -2.06. The molecule has 2 nitrogen and oxygen atoms in total. The first-order chi connectivity index (χ1) is 7.13. The highest BCUT2D eigenvalue weighted by Crippen LogP contribution is 2.23. The molecule has 0 bridgehead atoms. The summed E-state index contributed by atoms with van der Waals surface area (Å²) in [6.45, 7) is 6.99. The van der Waals surface area contributed by atoms with E-state index in [4.69, 9.17) is 9.47 Å². The summed E-state index contributed by atoms with van der Waals surface area (Å²) in [6.07, 6.45) is 0. The highest BCUT2D eigenvalue weighted by Gasteiger charge is 2.06. The van der Waals surface area contributed by atoms with Crippen LogP contribution >= 0.6 is 0 Å². The van der Waals surface area contributed by atoms with E-state index in [0.29, 0.717) is 24.9 Å². The van der Waals surface area contributed by atoms with Crippen LogP contribution in [0.4, 0.5) is 4.39 Å². The second-order valence-corrected chi connectivity index (χ2v) is 3.73. The zero-order valence-electron chi connectivity index (χ0n) is 9.42. The van der Waals surface area contributed by atoms with Crippen molar-refractivity contribution in [2.45, 2.75) is 20.8 Å². The number of ether oxygens (including phenoxy) is 2. The summed E-state index contributed by atoms with van der Waals surface area (Å²) < 4.78 is 23.9. The van der Waals surface area contributed by atoms with E-state index in [1.807, 2.05) is 20.8 Å². The highest BCUT2D eigenvalue weighted by atomic mass is 19.1. The molecule has 0 aliphatic rings. The maximum atomic E-state index is 13.3. The quantitative estimate of drug-likeness (QED) is 0.745. The summed E-state index contributed by atoms with van der Waals surface area (Å²) in [6, 6.07) is 4.54. The van der Waals surface area contributed by atoms with Gasteiger partial charge in [0.15, 0.2) is 11.6 Å². The van der Waals surface area contributed by atoms with Gasteiger partial charge in [-0.05, 0) is 25.0 Å². The molecule has 0 saturated carbocycles. The summed E-state index contributed by atoms with van der Waals surface area (Å²) in [5, 5.41) is 0. The fourth-order valence-electron chi connectivity index (χ4n) is 1.11. The zero-order valence-corrected chi connectivity index (χ0v) is 9.42. The normalized spacial score (nSPS) is 10.5. The molecular weight excluding hydrogens is 195 g/mol. The minimum atomic E-state index is -0.348. The largest absolute Gasteiger partial charge is 0.494 e. The fraction of sp³-hybridized carbons (Fsp3) is 0.500. The van der Waals surface area contributed by atoms with Crippen molar-refractivity contribution in [2.75, 3.05) is 13.2 Å². The maximum Gasteiger partial charge on any atom is 0.165 e. The predicted octanol–water partition coefficient (Wildman–Crippen LogP) is 3.26. The molecule has 0 heterocycles. The van der Waals surface area contributed by atoms with E-state index in [1.165, 1.54) is 6.07 Å². The van der Waals surface area contributed by atoms with E-state index in [1.54, 1.807) is 12.1 Å². The SMILES string of the molecule is CCOc1ccc(F)c(OCC(C)C)c1. The van der Waals surface area contributed by atoms with Crippen molar-refractivity contribution in [2.24, 2.45) is 5.92 Å². The maximum absolute atomic E-state index is 13.3. The first kappa shape index (κ1) is 11.8. The fourth-order valence-corrected chi connectivity index (χ4v) is 1.11. The Labute approximate surface area is 90.0 Å². The summed E-state index contributed by atoms with van der Waals surface area (Å²) >= 11 is 0. The van der Waals surface area contributed by atoms with Gasteiger partial charge in [-0.1, -0.05) is 13.8 Å². The van der Waals surface area contributed by atoms with Crippen LogP contribution in [0.5, 0.6) is 11.5 Å². The molecule has 0 aliphatic carbocycles. The van der Waals surface area contributed by atoms with Crippen molar-refractivity contribution < 1.29 is 13.9 Å². The summed E-state index contributed by atoms with van der Waals surface area (Å²) in [5.41, 5.74) is 0. The Kier molecular flexibility index (Phi) is 4.40. The van der Waals surface area contributed by atoms with Gasteiger partial charge in [0.05, 0.1) is 13.2 Å². The molecule has 15 heavy (non-hydrogen) atoms. The smallest absolute Gasteiger partial charge is 0.165 e. The van der Waals surface area contributed by atoms with Crippen molar-refractivity contribution in [3.63, 3.8) is 0 Å². The first-order valence-corrected chi connectivity index (χ1v) is 5.18. The van der Waals surface area contributed by atoms with Crippen LogP contribution in [0.1, 0.15) is 20.8 Å². The number of hydrogen-bond donors (Lipinski definition) is 0. The molecule has 0 saturated heterocycles. The Bertz CT molecular complexity index is 310. The Morgan fingerprint density at radius 1 is 1.27 bits per heavy atom. The molecule has 0 aromatic heterocycles. The summed E-state index contributed by atoms with van der Waals surface area (Å²) in [4.78, 5) is 0. The average Bonchev–Trinajstić information content (AvgIpc) is 2.19. The standard InChI is InChI=1S/C12H17FO2/c1-4-14-10-5-6-11(13)12(7-10)15-8-9(2)3/h5-7,9H,4,8H2,1-3H3. The first-order valence-electron chi connectivity index (χ1n) is 5.18. The zero-order chi connectivity index (χ0) is 11.3. The molecule has 0 amide bonds. The molecule has 0 aliphatic heterocycles. The van der Waals surface area contributed by atoms with E-state index in [-0.39, 0.29) is 11.6 Å². The number of halogens is 1. The van der Waals surface area contributed by atoms with E-state index >= 15 is 0 Å². The van der Waals surface area contributed by atoms with Crippen LogP contribution in [-0.4, -0.2) is 13.2 Å². The lowest BCUT2D eigenvalue weighted by molar-refractivity contribution is 0.256. The predicted molar refractivity (Wildman–Crippen MR) is 57.9 cm³/mol. The highest BCUT2D eigenvalue weighted by molar-refractivity contribution is 5.34. The van der Waals surface area contributed by atoms with Crippen LogP contribution in [0, 0.1) is 11.7 Å². The number of hydrogen-bond acceptors (Lipinski definition) is 2. The van der Waals surface area contributed by atoms with Gasteiger partial charge in [-0.2, -0.15) is 0 Å². The van der Waals surface area contributed by atoms with Crippen LogP contribution in [0.25, 0.3) is 0 Å². The van der Waals surface area contributed by atoms with Crippen molar-refractivity contribution in [1.82, 2.24) is 0 Å². The summed E-state index contributed by atoms with van der Waals surface area (Å²) in [7, 11) is 0. The Morgan fingerprint density at radius 2 is 2.00 bits per heavy atom. The molecule has 1 aromatic rings. The van der Waals surface area contributed by atoms with Crippen molar-refractivity contribution >= 4 is 0 Å². The molecule has 0 fully saturated rings. The van der Waals surface area contributed by atoms with Gasteiger partial charge in [0.2, 0.25) is 0 Å². The monoisotopic (exact) mass is 212 g/mol. The van der Waals surface area contributed by atoms with Crippen LogP contribution in [0.15, 0.2) is 18.2 Å². The van der Waals surface area contributed by atoms with E-state index < -0.39 is 0 Å². The Morgan fingerprint density at radius 3 is 2.60 bits per heavy atom. The molecule has 0 atom stereocenters. The third-order valence-corrected chi connectivity index (χ3v) is 1.79. The van der Waals surface area contributed by atoms with Crippen LogP contribution in [0.3, 0.4) is 0 Å². The third kappa shape index (κ3) is 3.78. The molecule has 0 unspecified atom stereocenters. The molecule has 0 radical (unpaired) electrons. The van der Waals surface area contributed by atoms with Gasteiger partial charge in [0.25, 0.3) is 0 Å². The Balaban J connectivity index is 2.71. The van der Waals surface area contributed by atoms with E-state index in [2.05, 4.69) is 0 Å². The Hall–Kier alpha value is -1.25. The van der Waals surface area contributed by atoms with Gasteiger partial charge in [-0.15, -0.1) is 0 Å². The molecule has 3 heteroatoms. The third-order valence-electron chi connectivity index (χ3n) is 1.79. The van der Waals surface area contributed by atoms with Crippen LogP contribution < -0.4 is 9.47 Å². The van der Waals surface area contributed by atoms with Gasteiger partial charge in [0, 0.05) is 6.07 Å².